The van der Waals surface area contributed by atoms with E-state index < -0.39 is 11.8 Å². The van der Waals surface area contributed by atoms with Gasteiger partial charge in [0.2, 0.25) is 5.88 Å². The van der Waals surface area contributed by atoms with Gasteiger partial charge in [0.15, 0.2) is 0 Å². The third-order valence-corrected chi connectivity index (χ3v) is 5.61. The van der Waals surface area contributed by atoms with Crippen molar-refractivity contribution < 1.29 is 23.0 Å². The average Bonchev–Trinajstić information content (AvgIpc) is 3.29. The van der Waals surface area contributed by atoms with Crippen LogP contribution in [0.1, 0.15) is 53.2 Å². The number of benzene rings is 2. The van der Waals surface area contributed by atoms with E-state index >= 15 is 0 Å². The van der Waals surface area contributed by atoms with Gasteiger partial charge in [-0.3, -0.25) is 0 Å². The lowest BCUT2D eigenvalue weighted by molar-refractivity contribution is 0.0525. The molecule has 0 unspecified atom stereocenters. The van der Waals surface area contributed by atoms with Crippen molar-refractivity contribution in [3.05, 3.63) is 93.6 Å². The van der Waals surface area contributed by atoms with Crippen molar-refractivity contribution in [2.45, 2.75) is 32.8 Å². The van der Waals surface area contributed by atoms with E-state index in [4.69, 9.17) is 21.1 Å². The Morgan fingerprint density at radius 1 is 1.03 bits per heavy atom. The van der Waals surface area contributed by atoms with Gasteiger partial charge in [-0.1, -0.05) is 23.7 Å². The third-order valence-electron chi connectivity index (χ3n) is 5.41. The summed E-state index contributed by atoms with van der Waals surface area (Å²) in [6, 6.07) is 12.1. The van der Waals surface area contributed by atoms with Crippen LogP contribution in [0.4, 0.5) is 8.78 Å². The van der Waals surface area contributed by atoms with Crippen LogP contribution in [-0.4, -0.2) is 17.6 Å². The van der Waals surface area contributed by atoms with E-state index in [2.05, 4.69) is 4.98 Å². The van der Waals surface area contributed by atoms with E-state index in [0.29, 0.717) is 22.9 Å². The predicted molar refractivity (Wildman–Crippen MR) is 123 cm³/mol. The molecule has 0 fully saturated rings. The number of rotatable bonds is 7. The zero-order valence-electron chi connectivity index (χ0n) is 18.0. The number of pyridine rings is 1. The number of hydrogen-bond donors (Lipinski definition) is 0. The van der Waals surface area contributed by atoms with Crippen molar-refractivity contribution in [2.24, 2.45) is 0 Å². The molecule has 3 aromatic rings. The lowest BCUT2D eigenvalue weighted by Gasteiger charge is -2.14. The Kier molecular flexibility index (Phi) is 7.04. The summed E-state index contributed by atoms with van der Waals surface area (Å²) >= 11 is 6.25. The third kappa shape index (κ3) is 5.40. The molecule has 170 valence electrons. The lowest BCUT2D eigenvalue weighted by Crippen LogP contribution is -2.06. The quantitative estimate of drug-likeness (QED) is 0.354. The molecule has 0 saturated heterocycles. The number of halogens is 3. The molecule has 0 atom stereocenters. The second-order valence-corrected chi connectivity index (χ2v) is 8.12. The fraction of sp³-hybridized carbons (Fsp3) is 0.231. The monoisotopic (exact) mass is 469 g/mol. The zero-order valence-corrected chi connectivity index (χ0v) is 18.8. The molecule has 0 saturated carbocycles. The Labute approximate surface area is 195 Å². The van der Waals surface area contributed by atoms with Crippen molar-refractivity contribution in [1.29, 1.82) is 0 Å². The van der Waals surface area contributed by atoms with E-state index in [0.717, 1.165) is 35.1 Å². The van der Waals surface area contributed by atoms with Crippen LogP contribution in [0.3, 0.4) is 0 Å². The van der Waals surface area contributed by atoms with E-state index in [9.17, 15) is 13.6 Å². The maximum atomic E-state index is 14.4. The summed E-state index contributed by atoms with van der Waals surface area (Å²) < 4.78 is 38.6. The molecule has 2 aromatic carbocycles. The zero-order chi connectivity index (χ0) is 23.4. The molecule has 0 N–H and O–H groups in total. The fourth-order valence-corrected chi connectivity index (χ4v) is 4.10. The van der Waals surface area contributed by atoms with Crippen LogP contribution in [0.5, 0.6) is 5.88 Å². The molecule has 0 bridgehead atoms. The molecule has 0 spiro atoms. The van der Waals surface area contributed by atoms with Crippen LogP contribution < -0.4 is 4.74 Å². The molecular weight excluding hydrogens is 448 g/mol. The second kappa shape index (κ2) is 10.1. The Bertz CT molecular complexity index is 1210. The van der Waals surface area contributed by atoms with Gasteiger partial charge in [-0.25, -0.2) is 18.6 Å². The predicted octanol–water partition coefficient (Wildman–Crippen LogP) is 6.86. The minimum Gasteiger partial charge on any atom is -0.472 e. The Balaban J connectivity index is 1.71. The first-order chi connectivity index (χ1) is 15.9. The van der Waals surface area contributed by atoms with Crippen molar-refractivity contribution in [2.75, 3.05) is 6.61 Å². The second-order valence-electron chi connectivity index (χ2n) is 7.68. The minimum absolute atomic E-state index is 0.169. The molecular formula is C26H22ClF2NO3. The fourth-order valence-electron chi connectivity index (χ4n) is 3.95. The number of allylic oxidation sites excluding steroid dienone is 2. The molecule has 0 aliphatic heterocycles. The number of esters is 1. The first-order valence-electron chi connectivity index (χ1n) is 10.7. The summed E-state index contributed by atoms with van der Waals surface area (Å²) in [7, 11) is 0. The summed E-state index contributed by atoms with van der Waals surface area (Å²) in [4.78, 5) is 16.5. The van der Waals surface area contributed by atoms with Gasteiger partial charge in [0.1, 0.15) is 18.2 Å². The van der Waals surface area contributed by atoms with Gasteiger partial charge in [0.05, 0.1) is 17.2 Å². The first-order valence-corrected chi connectivity index (χ1v) is 11.1. The van der Waals surface area contributed by atoms with Crippen LogP contribution in [0.25, 0.3) is 11.1 Å². The molecule has 4 rings (SSSR count). The standard InChI is InChI=1S/C26H22ClF2NO3/c1-2-32-26(31)18-10-17(11-21(29)12-18)22-4-3-5-23(22)24-13-19(27)14-30-25(24)33-15-16-6-8-20(28)9-7-16/h6-14H,2-5,15H2,1H3. The van der Waals surface area contributed by atoms with Crippen molar-refractivity contribution in [3.8, 4) is 5.88 Å². The number of hydrogen-bond acceptors (Lipinski definition) is 4. The van der Waals surface area contributed by atoms with E-state index in [1.165, 1.54) is 30.5 Å². The molecule has 1 aliphatic carbocycles. The van der Waals surface area contributed by atoms with Gasteiger partial charge in [0.25, 0.3) is 0 Å². The molecule has 7 heteroatoms. The number of aromatic nitrogens is 1. The molecule has 4 nitrogen and oxygen atoms in total. The van der Waals surface area contributed by atoms with E-state index in [1.807, 2.05) is 0 Å². The Morgan fingerprint density at radius 3 is 2.55 bits per heavy atom. The van der Waals surface area contributed by atoms with Gasteiger partial charge >= 0.3 is 5.97 Å². The topological polar surface area (TPSA) is 48.4 Å². The molecule has 0 amide bonds. The largest absolute Gasteiger partial charge is 0.472 e. The summed E-state index contributed by atoms with van der Waals surface area (Å²) in [5.74, 6) is -1.00. The Morgan fingerprint density at radius 2 is 1.79 bits per heavy atom. The van der Waals surface area contributed by atoms with Crippen LogP contribution in [-0.2, 0) is 11.3 Å². The SMILES string of the molecule is CCOC(=O)c1cc(F)cc(C2=C(c3cc(Cl)cnc3OCc3ccc(F)cc3)CCC2)c1. The highest BCUT2D eigenvalue weighted by Crippen LogP contribution is 2.43. The molecule has 33 heavy (non-hydrogen) atoms. The summed E-state index contributed by atoms with van der Waals surface area (Å²) in [5.41, 5.74) is 4.16. The number of ether oxygens (including phenoxy) is 2. The van der Waals surface area contributed by atoms with Crippen LogP contribution in [0.2, 0.25) is 5.02 Å². The average molecular weight is 470 g/mol. The molecule has 1 aliphatic rings. The van der Waals surface area contributed by atoms with Gasteiger partial charge in [0, 0.05) is 11.8 Å². The molecule has 1 heterocycles. The Hall–Kier alpha value is -3.25. The van der Waals surface area contributed by atoms with Crippen LogP contribution >= 0.6 is 11.6 Å². The van der Waals surface area contributed by atoms with Gasteiger partial charge < -0.3 is 9.47 Å². The van der Waals surface area contributed by atoms with Crippen LogP contribution in [0, 0.1) is 11.6 Å². The number of nitrogens with zero attached hydrogens (tertiary/aromatic N) is 1. The highest BCUT2D eigenvalue weighted by atomic mass is 35.5. The summed E-state index contributed by atoms with van der Waals surface area (Å²) in [6.07, 6.45) is 3.81. The maximum absolute atomic E-state index is 14.4. The highest BCUT2D eigenvalue weighted by Gasteiger charge is 2.23. The van der Waals surface area contributed by atoms with E-state index in [1.54, 1.807) is 31.2 Å². The summed E-state index contributed by atoms with van der Waals surface area (Å²) in [5, 5.41) is 0.448. The van der Waals surface area contributed by atoms with Gasteiger partial charge in [-0.2, -0.15) is 0 Å². The van der Waals surface area contributed by atoms with Crippen molar-refractivity contribution in [3.63, 3.8) is 0 Å². The highest BCUT2D eigenvalue weighted by molar-refractivity contribution is 6.30. The smallest absolute Gasteiger partial charge is 0.338 e. The van der Waals surface area contributed by atoms with Crippen molar-refractivity contribution >= 4 is 28.7 Å². The van der Waals surface area contributed by atoms with Crippen LogP contribution in [0.15, 0.2) is 54.7 Å². The summed E-state index contributed by atoms with van der Waals surface area (Å²) in [6.45, 7) is 2.12. The maximum Gasteiger partial charge on any atom is 0.338 e. The molecule has 1 aromatic heterocycles. The van der Waals surface area contributed by atoms with E-state index in [-0.39, 0.29) is 24.6 Å². The minimum atomic E-state index is -0.564. The molecule has 0 radical (unpaired) electrons. The van der Waals surface area contributed by atoms with Gasteiger partial charge in [-0.05, 0) is 84.9 Å². The van der Waals surface area contributed by atoms with Crippen molar-refractivity contribution in [1.82, 2.24) is 4.98 Å². The van der Waals surface area contributed by atoms with Gasteiger partial charge in [-0.15, -0.1) is 0 Å². The first kappa shape index (κ1) is 22.9. The lowest BCUT2D eigenvalue weighted by atomic mass is 9.96. The number of carbonyl (C=O) groups excluding carboxylic acids is 1. The normalized spacial score (nSPS) is 13.3. The number of carbonyl (C=O) groups is 1.